The third kappa shape index (κ3) is 2.52. The van der Waals surface area contributed by atoms with Gasteiger partial charge < -0.3 is 9.32 Å². The molecule has 1 saturated carbocycles. The molecule has 0 aromatic carbocycles. The molecule has 0 bridgehead atoms. The van der Waals surface area contributed by atoms with Crippen molar-refractivity contribution < 1.29 is 9.21 Å². The highest BCUT2D eigenvalue weighted by atomic mass is 79.9. The fourth-order valence-corrected chi connectivity index (χ4v) is 3.24. The fourth-order valence-electron chi connectivity index (χ4n) is 1.89. The van der Waals surface area contributed by atoms with Gasteiger partial charge in [-0.3, -0.25) is 4.79 Å². The Morgan fingerprint density at radius 1 is 1.44 bits per heavy atom. The van der Waals surface area contributed by atoms with Gasteiger partial charge in [0.2, 0.25) is 0 Å². The van der Waals surface area contributed by atoms with Crippen molar-refractivity contribution in [1.82, 2.24) is 4.90 Å². The van der Waals surface area contributed by atoms with E-state index in [-0.39, 0.29) is 5.91 Å². The molecule has 94 valence electrons. The van der Waals surface area contributed by atoms with E-state index >= 15 is 0 Å². The van der Waals surface area contributed by atoms with Crippen molar-refractivity contribution in [3.63, 3.8) is 0 Å². The summed E-state index contributed by atoms with van der Waals surface area (Å²) in [5.74, 6) is 0.940. The van der Waals surface area contributed by atoms with Crippen LogP contribution in [0.15, 0.2) is 38.7 Å². The van der Waals surface area contributed by atoms with Gasteiger partial charge >= 0.3 is 0 Å². The van der Waals surface area contributed by atoms with E-state index in [9.17, 15) is 4.79 Å². The molecule has 2 aromatic heterocycles. The van der Waals surface area contributed by atoms with Gasteiger partial charge in [0.05, 0.1) is 21.5 Å². The van der Waals surface area contributed by atoms with Crippen molar-refractivity contribution in [3.8, 4) is 0 Å². The van der Waals surface area contributed by atoms with Crippen molar-refractivity contribution in [3.05, 3.63) is 45.0 Å². The molecule has 0 N–H and O–H groups in total. The van der Waals surface area contributed by atoms with Crippen molar-refractivity contribution in [1.29, 1.82) is 0 Å². The second-order valence-corrected chi connectivity index (χ2v) is 6.81. The topological polar surface area (TPSA) is 33.5 Å². The molecule has 2 aromatic rings. The van der Waals surface area contributed by atoms with Crippen LogP contribution in [0, 0.1) is 0 Å². The van der Waals surface area contributed by atoms with E-state index in [1.54, 1.807) is 6.26 Å². The number of nitrogens with zero attached hydrogens (tertiary/aromatic N) is 1. The largest absolute Gasteiger partial charge is 0.467 e. The van der Waals surface area contributed by atoms with Crippen molar-refractivity contribution in [2.45, 2.75) is 25.4 Å². The van der Waals surface area contributed by atoms with Crippen LogP contribution >= 0.6 is 27.3 Å². The van der Waals surface area contributed by atoms with E-state index in [4.69, 9.17) is 4.42 Å². The van der Waals surface area contributed by atoms with Gasteiger partial charge in [-0.15, -0.1) is 11.3 Å². The molecule has 3 nitrogen and oxygen atoms in total. The smallest absolute Gasteiger partial charge is 0.264 e. The van der Waals surface area contributed by atoms with Crippen LogP contribution in [0.25, 0.3) is 0 Å². The number of hydrogen-bond donors (Lipinski definition) is 0. The summed E-state index contributed by atoms with van der Waals surface area (Å²) in [5, 5.41) is 0. The fraction of sp³-hybridized carbons (Fsp3) is 0.308. The number of amides is 1. The molecule has 2 heterocycles. The predicted molar refractivity (Wildman–Crippen MR) is 73.6 cm³/mol. The molecule has 3 rings (SSSR count). The molecule has 0 spiro atoms. The van der Waals surface area contributed by atoms with Crippen LogP contribution in [0.5, 0.6) is 0 Å². The Bertz CT molecular complexity index is 545. The predicted octanol–water partition coefficient (Wildman–Crippen LogP) is 3.91. The van der Waals surface area contributed by atoms with Crippen LogP contribution in [0.2, 0.25) is 0 Å². The molecule has 1 amide bonds. The lowest BCUT2D eigenvalue weighted by atomic mass is 10.3. The van der Waals surface area contributed by atoms with Crippen molar-refractivity contribution in [2.24, 2.45) is 0 Å². The zero-order valence-electron chi connectivity index (χ0n) is 9.64. The van der Waals surface area contributed by atoms with E-state index in [1.807, 2.05) is 29.2 Å². The SMILES string of the molecule is O=C(c1ccc(Br)s1)N(Cc1ccco1)C1CC1. The molecule has 5 heteroatoms. The maximum atomic E-state index is 12.4. The highest BCUT2D eigenvalue weighted by Gasteiger charge is 2.34. The summed E-state index contributed by atoms with van der Waals surface area (Å²) in [6.45, 7) is 0.562. The first-order chi connectivity index (χ1) is 8.74. The molecule has 0 radical (unpaired) electrons. The van der Waals surface area contributed by atoms with Gasteiger partial charge in [-0.1, -0.05) is 0 Å². The minimum Gasteiger partial charge on any atom is -0.467 e. The average Bonchev–Trinajstić information content (AvgIpc) is 2.88. The van der Waals surface area contributed by atoms with Gasteiger partial charge in [0.25, 0.3) is 5.91 Å². The summed E-state index contributed by atoms with van der Waals surface area (Å²) in [5.41, 5.74) is 0. The number of carbonyl (C=O) groups is 1. The summed E-state index contributed by atoms with van der Waals surface area (Å²) in [4.78, 5) is 15.1. The van der Waals surface area contributed by atoms with Crippen LogP contribution in [-0.2, 0) is 6.54 Å². The summed E-state index contributed by atoms with van der Waals surface area (Å²) in [6, 6.07) is 7.92. The average molecular weight is 326 g/mol. The Hall–Kier alpha value is -1.07. The molecular weight excluding hydrogens is 314 g/mol. The number of thiophene rings is 1. The second-order valence-electron chi connectivity index (χ2n) is 4.35. The maximum Gasteiger partial charge on any atom is 0.264 e. The minimum atomic E-state index is 0.101. The molecule has 0 unspecified atom stereocenters. The van der Waals surface area contributed by atoms with E-state index in [2.05, 4.69) is 15.9 Å². The van der Waals surface area contributed by atoms with Crippen LogP contribution in [-0.4, -0.2) is 16.8 Å². The Morgan fingerprint density at radius 2 is 2.28 bits per heavy atom. The summed E-state index contributed by atoms with van der Waals surface area (Å²) in [6.07, 6.45) is 3.84. The van der Waals surface area contributed by atoms with Gasteiger partial charge in [0, 0.05) is 6.04 Å². The molecule has 0 saturated heterocycles. The van der Waals surface area contributed by atoms with E-state index < -0.39 is 0 Å². The Balaban J connectivity index is 1.79. The Morgan fingerprint density at radius 3 is 2.83 bits per heavy atom. The quantitative estimate of drug-likeness (QED) is 0.853. The van der Waals surface area contributed by atoms with Crippen LogP contribution in [0.4, 0.5) is 0 Å². The first-order valence-electron chi connectivity index (χ1n) is 5.83. The number of halogens is 1. The lowest BCUT2D eigenvalue weighted by molar-refractivity contribution is 0.0722. The van der Waals surface area contributed by atoms with Gasteiger partial charge in [-0.05, 0) is 53.0 Å². The number of rotatable bonds is 4. The number of hydrogen-bond acceptors (Lipinski definition) is 3. The summed E-state index contributed by atoms with van der Waals surface area (Å²) >= 11 is 4.87. The molecule has 18 heavy (non-hydrogen) atoms. The van der Waals surface area contributed by atoms with E-state index in [0.29, 0.717) is 12.6 Å². The third-order valence-electron chi connectivity index (χ3n) is 2.94. The number of carbonyl (C=O) groups excluding carboxylic acids is 1. The summed E-state index contributed by atoms with van der Waals surface area (Å²) in [7, 11) is 0. The zero-order valence-corrected chi connectivity index (χ0v) is 12.0. The van der Waals surface area contributed by atoms with Crippen molar-refractivity contribution in [2.75, 3.05) is 0 Å². The van der Waals surface area contributed by atoms with Gasteiger partial charge in [-0.2, -0.15) is 0 Å². The monoisotopic (exact) mass is 325 g/mol. The molecule has 0 atom stereocenters. The third-order valence-corrected chi connectivity index (χ3v) is 4.55. The van der Waals surface area contributed by atoms with Crippen LogP contribution in [0.1, 0.15) is 28.3 Å². The second kappa shape index (κ2) is 4.90. The van der Waals surface area contributed by atoms with Gasteiger partial charge in [0.15, 0.2) is 0 Å². The highest BCUT2D eigenvalue weighted by molar-refractivity contribution is 9.11. The minimum absolute atomic E-state index is 0.101. The Kier molecular flexibility index (Phi) is 3.26. The molecule has 1 aliphatic carbocycles. The lowest BCUT2D eigenvalue weighted by Crippen LogP contribution is -2.31. The first-order valence-corrected chi connectivity index (χ1v) is 7.43. The first kappa shape index (κ1) is 12.0. The lowest BCUT2D eigenvalue weighted by Gasteiger charge is -2.20. The van der Waals surface area contributed by atoms with E-state index in [1.165, 1.54) is 11.3 Å². The van der Waals surface area contributed by atoms with Crippen LogP contribution in [0.3, 0.4) is 0 Å². The highest BCUT2D eigenvalue weighted by Crippen LogP contribution is 2.32. The molecular formula is C13H12BrNO2S. The molecule has 1 fully saturated rings. The Labute approximate surface area is 118 Å². The van der Waals surface area contributed by atoms with E-state index in [0.717, 1.165) is 27.3 Å². The van der Waals surface area contributed by atoms with Crippen molar-refractivity contribution >= 4 is 33.2 Å². The molecule has 1 aliphatic rings. The standard InChI is InChI=1S/C13H12BrNO2S/c14-12-6-5-11(18-12)13(16)15(9-3-4-9)8-10-2-1-7-17-10/h1-2,5-7,9H,3-4,8H2. The normalized spacial score (nSPS) is 14.7. The van der Waals surface area contributed by atoms with Crippen LogP contribution < -0.4 is 0 Å². The maximum absolute atomic E-state index is 12.4. The number of furan rings is 1. The molecule has 0 aliphatic heterocycles. The van der Waals surface area contributed by atoms with Gasteiger partial charge in [0.1, 0.15) is 5.76 Å². The zero-order chi connectivity index (χ0) is 12.5. The summed E-state index contributed by atoms with van der Waals surface area (Å²) < 4.78 is 6.32. The van der Waals surface area contributed by atoms with Gasteiger partial charge in [-0.25, -0.2) is 0 Å².